The molecule has 2 heterocycles. The first-order valence-electron chi connectivity index (χ1n) is 12.4. The Morgan fingerprint density at radius 2 is 1.00 bits per heavy atom. The summed E-state index contributed by atoms with van der Waals surface area (Å²) in [4.78, 5) is 0. The zero-order chi connectivity index (χ0) is 22.2. The van der Waals surface area contributed by atoms with Crippen molar-refractivity contribution in [1.82, 2.24) is 5.01 Å². The Morgan fingerprint density at radius 1 is 0.529 bits per heavy atom. The summed E-state index contributed by atoms with van der Waals surface area (Å²) >= 11 is 0. The lowest BCUT2D eigenvalue weighted by atomic mass is 9.66. The molecule has 0 aromatic heterocycles. The second kappa shape index (κ2) is 5.71. The van der Waals surface area contributed by atoms with E-state index in [0.717, 1.165) is 0 Å². The molecule has 2 aliphatic carbocycles. The number of fused-ring (bicyclic) bond motifs is 12. The van der Waals surface area contributed by atoms with Gasteiger partial charge in [0, 0.05) is 11.8 Å². The van der Waals surface area contributed by atoms with Gasteiger partial charge in [0.2, 0.25) is 0 Å². The number of benzene rings is 5. The Labute approximate surface area is 199 Å². The number of hydrogen-bond donors (Lipinski definition) is 0. The minimum Gasteiger partial charge on any atom is -0.297 e. The zero-order valence-corrected chi connectivity index (χ0v) is 19.0. The van der Waals surface area contributed by atoms with Crippen LogP contribution in [0, 0.1) is 0 Å². The largest absolute Gasteiger partial charge is 0.297 e. The average molecular weight is 437 g/mol. The van der Waals surface area contributed by atoms with Crippen molar-refractivity contribution in [2.24, 2.45) is 0 Å². The highest BCUT2D eigenvalue weighted by molar-refractivity contribution is 5.96. The van der Waals surface area contributed by atoms with Crippen LogP contribution in [-0.4, -0.2) is 10.5 Å². The number of para-hydroxylation sites is 1. The lowest BCUT2D eigenvalue weighted by molar-refractivity contribution is 0.151. The zero-order valence-electron chi connectivity index (χ0n) is 19.0. The van der Waals surface area contributed by atoms with Crippen molar-refractivity contribution in [1.29, 1.82) is 0 Å². The number of piperidine rings is 1. The summed E-state index contributed by atoms with van der Waals surface area (Å²) in [6.45, 7) is 2.55. The molecule has 0 amide bonds. The Hall–Kier alpha value is -3.62. The number of hydrogen-bond acceptors (Lipinski definition) is 2. The highest BCUT2D eigenvalue weighted by atomic mass is 15.7. The summed E-state index contributed by atoms with van der Waals surface area (Å²) in [5, 5.41) is 11.2. The average Bonchev–Trinajstić information content (AvgIpc) is 3.56. The molecule has 34 heavy (non-hydrogen) atoms. The van der Waals surface area contributed by atoms with Crippen molar-refractivity contribution in [2.75, 3.05) is 5.01 Å². The molecular formula is C32H24N2. The first kappa shape index (κ1) is 17.8. The Kier molecular flexibility index (Phi) is 2.99. The van der Waals surface area contributed by atoms with Crippen LogP contribution in [0.1, 0.15) is 53.1 Å². The molecule has 5 aromatic rings. The lowest BCUT2D eigenvalue weighted by Gasteiger charge is -2.41. The molecule has 4 unspecified atom stereocenters. The van der Waals surface area contributed by atoms with Crippen LogP contribution in [0.2, 0.25) is 0 Å². The molecule has 0 spiro atoms. The van der Waals surface area contributed by atoms with Gasteiger partial charge in [-0.2, -0.15) is 0 Å². The molecule has 0 saturated carbocycles. The van der Waals surface area contributed by atoms with E-state index in [0.29, 0.717) is 23.9 Å². The van der Waals surface area contributed by atoms with Crippen LogP contribution < -0.4 is 5.01 Å². The monoisotopic (exact) mass is 436 g/mol. The fraction of sp³-hybridized carbons (Fsp3) is 0.188. The van der Waals surface area contributed by atoms with Crippen LogP contribution >= 0.6 is 0 Å². The van der Waals surface area contributed by atoms with Gasteiger partial charge in [-0.1, -0.05) is 91.0 Å². The third-order valence-electron chi connectivity index (χ3n) is 9.39. The van der Waals surface area contributed by atoms with E-state index in [9.17, 15) is 0 Å². The van der Waals surface area contributed by atoms with Crippen molar-refractivity contribution in [3.05, 3.63) is 125 Å². The predicted octanol–water partition coefficient (Wildman–Crippen LogP) is 7.48. The Morgan fingerprint density at radius 3 is 1.50 bits per heavy atom. The molecule has 2 fully saturated rings. The third kappa shape index (κ3) is 1.75. The summed E-state index contributed by atoms with van der Waals surface area (Å²) in [7, 11) is 0. The molecule has 2 aliphatic heterocycles. The summed E-state index contributed by atoms with van der Waals surface area (Å²) < 4.78 is 0. The van der Waals surface area contributed by atoms with E-state index >= 15 is 0 Å². The van der Waals surface area contributed by atoms with E-state index in [4.69, 9.17) is 0 Å². The van der Waals surface area contributed by atoms with Gasteiger partial charge < -0.3 is 0 Å². The summed E-state index contributed by atoms with van der Waals surface area (Å²) in [6, 6.07) is 39.6. The van der Waals surface area contributed by atoms with E-state index < -0.39 is 0 Å². The van der Waals surface area contributed by atoms with Gasteiger partial charge in [0.1, 0.15) is 0 Å². The molecule has 4 aliphatic rings. The van der Waals surface area contributed by atoms with Crippen molar-refractivity contribution < 1.29 is 0 Å². The molecule has 0 N–H and O–H groups in total. The molecule has 9 rings (SSSR count). The quantitative estimate of drug-likeness (QED) is 0.269. The van der Waals surface area contributed by atoms with Crippen LogP contribution in [0.25, 0.3) is 21.5 Å². The normalized spacial score (nSPS) is 31.4. The molecule has 2 nitrogen and oxygen atoms in total. The minimum atomic E-state index is -0.0582. The van der Waals surface area contributed by atoms with Gasteiger partial charge in [-0.05, 0) is 62.9 Å². The highest BCUT2D eigenvalue weighted by Gasteiger charge is 2.72. The summed E-state index contributed by atoms with van der Waals surface area (Å²) in [5.41, 5.74) is 7.32. The smallest absolute Gasteiger partial charge is 0.0713 e. The van der Waals surface area contributed by atoms with Crippen molar-refractivity contribution in [3.8, 4) is 0 Å². The van der Waals surface area contributed by atoms with Crippen molar-refractivity contribution in [2.45, 2.75) is 36.4 Å². The van der Waals surface area contributed by atoms with E-state index in [1.807, 2.05) is 0 Å². The van der Waals surface area contributed by atoms with Crippen LogP contribution in [0.4, 0.5) is 5.69 Å². The molecule has 0 radical (unpaired) electrons. The second-order valence-electron chi connectivity index (χ2n) is 10.7. The van der Waals surface area contributed by atoms with Crippen molar-refractivity contribution in [3.63, 3.8) is 0 Å². The number of anilines is 1. The van der Waals surface area contributed by atoms with Gasteiger partial charge in [-0.3, -0.25) is 5.01 Å². The van der Waals surface area contributed by atoms with Crippen LogP contribution in [0.3, 0.4) is 0 Å². The van der Waals surface area contributed by atoms with Crippen LogP contribution in [0.15, 0.2) is 103 Å². The molecule has 2 saturated heterocycles. The van der Waals surface area contributed by atoms with Crippen molar-refractivity contribution >= 4 is 27.2 Å². The van der Waals surface area contributed by atoms with Gasteiger partial charge >= 0.3 is 0 Å². The third-order valence-corrected chi connectivity index (χ3v) is 9.39. The minimum absolute atomic E-state index is 0.0582. The van der Waals surface area contributed by atoms with Crippen LogP contribution in [-0.2, 0) is 0 Å². The molecule has 2 heteroatoms. The van der Waals surface area contributed by atoms with E-state index in [-0.39, 0.29) is 5.54 Å². The molecule has 162 valence electrons. The standard InChI is InChI=1S/C32H24N2/c1-32-28-22-15-5-9-19-11-7-17-24(26(19)22)30(28)33(34(32)21-13-3-2-4-14-21)31-25-18-8-12-20-10-6-16-23(27(20)25)29(31)32/h2-18,28-31H,1H3. The first-order chi connectivity index (χ1) is 16.8. The lowest BCUT2D eigenvalue weighted by Crippen LogP contribution is -2.46. The topological polar surface area (TPSA) is 6.48 Å². The Balaban J connectivity index is 1.40. The van der Waals surface area contributed by atoms with Gasteiger partial charge in [-0.15, -0.1) is 0 Å². The fourth-order valence-electron chi connectivity index (χ4n) is 8.48. The predicted molar refractivity (Wildman–Crippen MR) is 138 cm³/mol. The number of hydrazine groups is 1. The molecule has 2 bridgehead atoms. The SMILES string of the molecule is CC12C3c4cccc5cccc(c45)C3N(C3c4cccc5cccc(c45)C31)N2c1ccccc1. The Bertz CT molecular complexity index is 1560. The van der Waals surface area contributed by atoms with E-state index in [1.54, 1.807) is 0 Å². The first-order valence-corrected chi connectivity index (χ1v) is 12.4. The summed E-state index contributed by atoms with van der Waals surface area (Å²) in [5.74, 6) is 0.860. The maximum atomic E-state index is 2.79. The van der Waals surface area contributed by atoms with Crippen LogP contribution in [0.5, 0.6) is 0 Å². The number of nitrogens with zero attached hydrogens (tertiary/aromatic N) is 2. The van der Waals surface area contributed by atoms with E-state index in [1.165, 1.54) is 49.5 Å². The second-order valence-corrected chi connectivity index (χ2v) is 10.7. The molecule has 5 aromatic carbocycles. The van der Waals surface area contributed by atoms with E-state index in [2.05, 4.69) is 120 Å². The molecule has 4 atom stereocenters. The highest BCUT2D eigenvalue weighted by Crippen LogP contribution is 2.75. The van der Waals surface area contributed by atoms with Gasteiger partial charge in [0.25, 0.3) is 0 Å². The van der Waals surface area contributed by atoms with Gasteiger partial charge in [-0.25, -0.2) is 5.01 Å². The maximum absolute atomic E-state index is 2.79. The summed E-state index contributed by atoms with van der Waals surface area (Å²) in [6.07, 6.45) is 0. The number of rotatable bonds is 1. The fourth-order valence-corrected chi connectivity index (χ4v) is 8.48. The van der Waals surface area contributed by atoms with Gasteiger partial charge in [0.05, 0.1) is 23.3 Å². The maximum Gasteiger partial charge on any atom is 0.0713 e. The molecular weight excluding hydrogens is 412 g/mol. The van der Waals surface area contributed by atoms with Gasteiger partial charge in [0.15, 0.2) is 0 Å².